The lowest BCUT2D eigenvalue weighted by molar-refractivity contribution is -0.305. The molecule has 52 heavy (non-hydrogen) atoms. The Bertz CT molecular complexity index is 1290. The third-order valence-corrected chi connectivity index (χ3v) is 10.6. The first kappa shape index (κ1) is 42.4. The van der Waals surface area contributed by atoms with Gasteiger partial charge in [-0.05, 0) is 32.6 Å². The van der Waals surface area contributed by atoms with Gasteiger partial charge < -0.3 is 49.2 Å². The Balaban J connectivity index is 1.53. The van der Waals surface area contributed by atoms with Crippen LogP contribution in [0.1, 0.15) is 98.3 Å². The van der Waals surface area contributed by atoms with Crippen molar-refractivity contribution in [1.29, 1.82) is 0 Å². The molecule has 3 fully saturated rings. The zero-order valence-electron chi connectivity index (χ0n) is 31.0. The molecular formula is C39H61NO12. The molecule has 0 spiro atoms. The van der Waals surface area contributed by atoms with Gasteiger partial charge in [-0.3, -0.25) is 15.3 Å². The molecule has 3 saturated heterocycles. The normalized spacial score (nSPS) is 45.6. The van der Waals surface area contributed by atoms with Crippen LogP contribution in [0.4, 0.5) is 0 Å². The van der Waals surface area contributed by atoms with Crippen LogP contribution in [0.2, 0.25) is 0 Å². The van der Waals surface area contributed by atoms with E-state index < -0.39 is 84.4 Å². The molecule has 0 saturated carbocycles. The van der Waals surface area contributed by atoms with Crippen molar-refractivity contribution in [3.8, 4) is 0 Å². The lowest BCUT2D eigenvalue weighted by Gasteiger charge is -2.45. The summed E-state index contributed by atoms with van der Waals surface area (Å²) < 4.78 is 29.6. The molecule has 0 aromatic rings. The van der Waals surface area contributed by atoms with Crippen molar-refractivity contribution >= 4 is 11.8 Å². The van der Waals surface area contributed by atoms with Crippen molar-refractivity contribution in [2.45, 2.75) is 171 Å². The predicted octanol–water partition coefficient (Wildman–Crippen LogP) is 3.00. The van der Waals surface area contributed by atoms with Crippen molar-refractivity contribution in [3.05, 3.63) is 48.6 Å². The monoisotopic (exact) mass is 735 g/mol. The van der Waals surface area contributed by atoms with Gasteiger partial charge in [0, 0.05) is 44.4 Å². The smallest absolute Gasteiger partial charge is 0.311 e. The molecule has 4 rings (SSSR count). The third kappa shape index (κ3) is 11.6. The number of rotatable bonds is 5. The Morgan fingerprint density at radius 3 is 2.38 bits per heavy atom. The zero-order chi connectivity index (χ0) is 38.1. The average Bonchev–Trinajstić information content (AvgIpc) is 3.78. The molecule has 2 bridgehead atoms. The number of carbonyl (C=O) groups excluding carboxylic acids is 2. The van der Waals surface area contributed by atoms with Crippen LogP contribution in [0.25, 0.3) is 0 Å². The SMILES string of the molecule is CCC[C@@H]1C/C=C/C=C/C=C/C=C/[C@H](OC2OC(C)C3OC3(N)C2O)CC2O[C@](O)(C[C@@H](O)CCCC(=O)C[C@@H](O)[C@H](CC)C(=O)O1)C[C@H](O)[C@H]2C. The summed E-state index contributed by atoms with van der Waals surface area (Å²) in [5.74, 6) is -3.87. The summed E-state index contributed by atoms with van der Waals surface area (Å²) in [7, 11) is 0. The van der Waals surface area contributed by atoms with Crippen LogP contribution < -0.4 is 5.73 Å². The Morgan fingerprint density at radius 2 is 1.67 bits per heavy atom. The minimum Gasteiger partial charge on any atom is -0.462 e. The van der Waals surface area contributed by atoms with E-state index in [0.29, 0.717) is 19.3 Å². The second-order valence-electron chi connectivity index (χ2n) is 14.9. The first-order chi connectivity index (χ1) is 24.7. The minimum atomic E-state index is -1.86. The van der Waals surface area contributed by atoms with Gasteiger partial charge in [-0.1, -0.05) is 75.8 Å². The molecule has 6 unspecified atom stereocenters. The van der Waals surface area contributed by atoms with Gasteiger partial charge in [0.15, 0.2) is 17.8 Å². The lowest BCUT2D eigenvalue weighted by atomic mass is 9.84. The van der Waals surface area contributed by atoms with Crippen molar-refractivity contribution in [2.75, 3.05) is 0 Å². The fraction of sp³-hybridized carbons (Fsp3) is 0.744. The highest BCUT2D eigenvalue weighted by molar-refractivity contribution is 5.80. The molecule has 0 radical (unpaired) electrons. The largest absolute Gasteiger partial charge is 0.462 e. The molecule has 14 atom stereocenters. The van der Waals surface area contributed by atoms with E-state index in [2.05, 4.69) is 0 Å². The average molecular weight is 736 g/mol. The van der Waals surface area contributed by atoms with Crippen LogP contribution in [0.3, 0.4) is 0 Å². The highest BCUT2D eigenvalue weighted by Gasteiger charge is 2.67. The molecule has 294 valence electrons. The molecule has 4 heterocycles. The number of cyclic esters (lactones) is 1. The minimum absolute atomic E-state index is 0.0708. The number of hydrogen-bond acceptors (Lipinski definition) is 13. The number of hydrogen-bond donors (Lipinski definition) is 6. The van der Waals surface area contributed by atoms with Crippen molar-refractivity contribution in [1.82, 2.24) is 0 Å². The van der Waals surface area contributed by atoms with Crippen LogP contribution in [0.15, 0.2) is 48.6 Å². The van der Waals surface area contributed by atoms with E-state index in [0.717, 1.165) is 6.42 Å². The van der Waals surface area contributed by atoms with Crippen LogP contribution in [0, 0.1) is 11.8 Å². The molecule has 0 aromatic heterocycles. The number of epoxide rings is 1. The van der Waals surface area contributed by atoms with Gasteiger partial charge in [-0.25, -0.2) is 0 Å². The van der Waals surface area contributed by atoms with Gasteiger partial charge in [-0.2, -0.15) is 0 Å². The Hall–Kier alpha value is -2.30. The summed E-state index contributed by atoms with van der Waals surface area (Å²) in [6, 6.07) is 0. The summed E-state index contributed by atoms with van der Waals surface area (Å²) >= 11 is 0. The van der Waals surface area contributed by atoms with E-state index in [1.54, 1.807) is 32.1 Å². The van der Waals surface area contributed by atoms with Crippen LogP contribution in [-0.2, 0) is 33.3 Å². The summed E-state index contributed by atoms with van der Waals surface area (Å²) in [5, 5.41) is 55.1. The van der Waals surface area contributed by atoms with E-state index >= 15 is 0 Å². The van der Waals surface area contributed by atoms with Gasteiger partial charge in [0.25, 0.3) is 0 Å². The summed E-state index contributed by atoms with van der Waals surface area (Å²) in [6.07, 6.45) is 8.82. The van der Waals surface area contributed by atoms with Gasteiger partial charge in [0.05, 0.1) is 42.5 Å². The number of ether oxygens (including phenoxy) is 5. The number of aliphatic hydroxyl groups is 5. The molecule has 4 aliphatic rings. The number of aliphatic hydroxyl groups excluding tert-OH is 4. The summed E-state index contributed by atoms with van der Waals surface area (Å²) in [5.41, 5.74) is 4.97. The van der Waals surface area contributed by atoms with Crippen molar-refractivity contribution in [3.63, 3.8) is 0 Å². The third-order valence-electron chi connectivity index (χ3n) is 10.6. The number of allylic oxidation sites excluding steroid dienone is 6. The zero-order valence-corrected chi connectivity index (χ0v) is 31.0. The van der Waals surface area contributed by atoms with E-state index in [4.69, 9.17) is 29.4 Å². The molecule has 0 aromatic carbocycles. The number of fused-ring (bicyclic) bond motifs is 3. The fourth-order valence-electron chi connectivity index (χ4n) is 7.37. The number of nitrogens with two attached hydrogens (primary N) is 1. The van der Waals surface area contributed by atoms with Crippen molar-refractivity contribution in [2.24, 2.45) is 17.6 Å². The quantitative estimate of drug-likeness (QED) is 0.177. The van der Waals surface area contributed by atoms with Gasteiger partial charge in [0.1, 0.15) is 24.1 Å². The van der Waals surface area contributed by atoms with E-state index in [-0.39, 0.29) is 56.8 Å². The molecule has 0 amide bonds. The van der Waals surface area contributed by atoms with Gasteiger partial charge in [0.2, 0.25) is 0 Å². The van der Waals surface area contributed by atoms with E-state index in [1.807, 2.05) is 44.2 Å². The summed E-state index contributed by atoms with van der Waals surface area (Å²) in [6.45, 7) is 7.37. The van der Waals surface area contributed by atoms with Crippen molar-refractivity contribution < 1.29 is 58.8 Å². The highest BCUT2D eigenvalue weighted by atomic mass is 16.7. The Labute approximate surface area is 307 Å². The number of Topliss-reactive ketones (excluding diaryl/α,β-unsaturated/α-hetero) is 1. The number of ketones is 1. The number of esters is 1. The Morgan fingerprint density at radius 1 is 0.962 bits per heavy atom. The highest BCUT2D eigenvalue weighted by Crippen LogP contribution is 2.45. The molecule has 4 aliphatic heterocycles. The second-order valence-corrected chi connectivity index (χ2v) is 14.9. The van der Waals surface area contributed by atoms with Gasteiger partial charge in [-0.15, -0.1) is 0 Å². The van der Waals surface area contributed by atoms with Crippen LogP contribution in [-0.4, -0.2) is 110 Å². The first-order valence-electron chi connectivity index (χ1n) is 19.0. The van der Waals surface area contributed by atoms with E-state index in [1.165, 1.54) is 0 Å². The standard InChI is InChI=1S/C39H61NO12/c1-5-15-28-18-12-10-8-7-9-11-13-19-29(50-37-34(45)39(40)35(52-39)25(4)48-37)21-33-24(3)32(44)23-38(47,51-33)22-27(42)17-14-16-26(41)20-31(43)30(6-2)36(46)49-28/h7-13,19,24-25,27-35,37,42-45,47H,5-6,14-18,20-23,40H2,1-4H3/b8-7+,11-9+,12-10+,19-13+/t24-,25?,27+,28-,29+,30+,31-,32+,33?,34?,35?,37?,38-,39?/m1/s1. The molecule has 7 N–H and O–H groups in total. The predicted molar refractivity (Wildman–Crippen MR) is 191 cm³/mol. The number of carbonyl (C=O) groups is 2. The van der Waals surface area contributed by atoms with Crippen LogP contribution in [0.5, 0.6) is 0 Å². The Kier molecular flexibility index (Phi) is 15.8. The maximum atomic E-state index is 13.0. The summed E-state index contributed by atoms with van der Waals surface area (Å²) in [4.78, 5) is 25.8. The molecule has 13 heteroatoms. The van der Waals surface area contributed by atoms with Crippen LogP contribution >= 0.6 is 0 Å². The first-order valence-corrected chi connectivity index (χ1v) is 19.0. The van der Waals surface area contributed by atoms with Gasteiger partial charge >= 0.3 is 5.97 Å². The maximum Gasteiger partial charge on any atom is 0.311 e. The fourth-order valence-corrected chi connectivity index (χ4v) is 7.37. The molecule has 0 aliphatic carbocycles. The van der Waals surface area contributed by atoms with E-state index in [9.17, 15) is 35.1 Å². The second kappa shape index (κ2) is 19.3. The maximum absolute atomic E-state index is 13.0. The molecule has 13 nitrogen and oxygen atoms in total. The molecular weight excluding hydrogens is 674 g/mol. The topological polar surface area (TPSA) is 211 Å². The lowest BCUT2D eigenvalue weighted by Crippen LogP contribution is -2.57.